The van der Waals surface area contributed by atoms with Gasteiger partial charge in [0.05, 0.1) is 11.3 Å². The van der Waals surface area contributed by atoms with Crippen molar-refractivity contribution >= 4 is 11.6 Å². The Bertz CT molecular complexity index is 819. The third-order valence-corrected chi connectivity index (χ3v) is 4.20. The van der Waals surface area contributed by atoms with Crippen molar-refractivity contribution < 1.29 is 27.9 Å². The van der Waals surface area contributed by atoms with Gasteiger partial charge in [-0.25, -0.2) is 0 Å². The van der Waals surface area contributed by atoms with Crippen molar-refractivity contribution in [2.75, 3.05) is 5.06 Å². The van der Waals surface area contributed by atoms with Gasteiger partial charge in [0.15, 0.2) is 0 Å². The standard InChI is InChI=1S/C20H22F3NO3/c1-4-14-6-9-18(13(3)10-14)27-12-15-11-16(20(21,22)23)7-8-17(15)24(26)19(25)5-2/h6-11,26H,4-5,12H2,1-3H3. The van der Waals surface area contributed by atoms with Crippen molar-refractivity contribution in [1.82, 2.24) is 0 Å². The van der Waals surface area contributed by atoms with Crippen LogP contribution in [0.1, 0.15) is 42.5 Å². The summed E-state index contributed by atoms with van der Waals surface area (Å²) in [7, 11) is 0. The number of amides is 1. The first-order valence-electron chi connectivity index (χ1n) is 8.61. The molecule has 0 atom stereocenters. The average Bonchev–Trinajstić information content (AvgIpc) is 2.64. The summed E-state index contributed by atoms with van der Waals surface area (Å²) in [5.74, 6) is -0.0960. The van der Waals surface area contributed by atoms with Crippen LogP contribution in [0.3, 0.4) is 0 Å². The average molecular weight is 381 g/mol. The van der Waals surface area contributed by atoms with Crippen molar-refractivity contribution in [1.29, 1.82) is 0 Å². The van der Waals surface area contributed by atoms with Gasteiger partial charge in [-0.05, 0) is 48.7 Å². The van der Waals surface area contributed by atoms with Gasteiger partial charge < -0.3 is 4.74 Å². The number of hydrogen-bond acceptors (Lipinski definition) is 3. The molecule has 27 heavy (non-hydrogen) atoms. The molecule has 4 nitrogen and oxygen atoms in total. The zero-order valence-corrected chi connectivity index (χ0v) is 15.4. The summed E-state index contributed by atoms with van der Waals surface area (Å²) in [6, 6.07) is 8.37. The monoisotopic (exact) mass is 381 g/mol. The van der Waals surface area contributed by atoms with Crippen LogP contribution in [0.25, 0.3) is 0 Å². The highest BCUT2D eigenvalue weighted by Crippen LogP contribution is 2.33. The van der Waals surface area contributed by atoms with Gasteiger partial charge in [-0.2, -0.15) is 18.2 Å². The number of carbonyl (C=O) groups is 1. The van der Waals surface area contributed by atoms with Gasteiger partial charge in [-0.1, -0.05) is 26.0 Å². The van der Waals surface area contributed by atoms with E-state index in [1.165, 1.54) is 0 Å². The molecule has 0 spiro atoms. The number of benzene rings is 2. The maximum atomic E-state index is 13.1. The fourth-order valence-electron chi connectivity index (χ4n) is 2.62. The number of rotatable bonds is 6. The van der Waals surface area contributed by atoms with E-state index in [9.17, 15) is 23.2 Å². The number of hydrogen-bond donors (Lipinski definition) is 1. The first kappa shape index (κ1) is 20.8. The largest absolute Gasteiger partial charge is 0.489 e. The molecule has 0 aliphatic rings. The first-order chi connectivity index (χ1) is 12.7. The minimum atomic E-state index is -4.54. The Balaban J connectivity index is 2.35. The number of nitrogens with zero attached hydrogens (tertiary/aromatic N) is 1. The molecule has 2 rings (SSSR count). The predicted molar refractivity (Wildman–Crippen MR) is 95.9 cm³/mol. The number of hydroxylamine groups is 1. The number of ether oxygens (including phenoxy) is 1. The highest BCUT2D eigenvalue weighted by atomic mass is 19.4. The smallest absolute Gasteiger partial charge is 0.416 e. The van der Waals surface area contributed by atoms with E-state index in [-0.39, 0.29) is 24.3 Å². The topological polar surface area (TPSA) is 49.8 Å². The van der Waals surface area contributed by atoms with Gasteiger partial charge >= 0.3 is 6.18 Å². The lowest BCUT2D eigenvalue weighted by atomic mass is 10.1. The Hall–Kier alpha value is -2.54. The maximum Gasteiger partial charge on any atom is 0.416 e. The van der Waals surface area contributed by atoms with Crippen molar-refractivity contribution in [2.24, 2.45) is 0 Å². The van der Waals surface area contributed by atoms with E-state index in [1.54, 1.807) is 13.0 Å². The summed E-state index contributed by atoms with van der Waals surface area (Å²) < 4.78 is 44.8. The maximum absolute atomic E-state index is 13.1. The second kappa shape index (κ2) is 8.43. The van der Waals surface area contributed by atoms with E-state index >= 15 is 0 Å². The van der Waals surface area contributed by atoms with Crippen molar-refractivity contribution in [3.8, 4) is 5.75 Å². The number of anilines is 1. The molecule has 1 N–H and O–H groups in total. The summed E-state index contributed by atoms with van der Waals surface area (Å²) >= 11 is 0. The number of carbonyl (C=O) groups excluding carboxylic acids is 1. The molecule has 0 saturated carbocycles. The van der Waals surface area contributed by atoms with Crippen LogP contribution in [0.4, 0.5) is 18.9 Å². The number of alkyl halides is 3. The summed E-state index contributed by atoms with van der Waals surface area (Å²) in [6.07, 6.45) is -3.67. The fourth-order valence-corrected chi connectivity index (χ4v) is 2.62. The van der Waals surface area contributed by atoms with Crippen LogP contribution >= 0.6 is 0 Å². The number of halogens is 3. The van der Waals surface area contributed by atoms with Crippen LogP contribution in [-0.2, 0) is 24.0 Å². The van der Waals surface area contributed by atoms with Gasteiger partial charge in [-0.15, -0.1) is 0 Å². The molecule has 2 aromatic rings. The van der Waals surface area contributed by atoms with Crippen molar-refractivity contribution in [3.63, 3.8) is 0 Å². The minimum Gasteiger partial charge on any atom is -0.489 e. The molecule has 0 heterocycles. The number of aryl methyl sites for hydroxylation is 2. The molecular formula is C20H22F3NO3. The van der Waals surface area contributed by atoms with E-state index in [1.807, 2.05) is 26.0 Å². The molecule has 2 aromatic carbocycles. The molecular weight excluding hydrogens is 359 g/mol. The molecule has 0 fully saturated rings. The first-order valence-corrected chi connectivity index (χ1v) is 8.61. The minimum absolute atomic E-state index is 0.00933. The van der Waals surface area contributed by atoms with Gasteiger partial charge in [0.1, 0.15) is 12.4 Å². The molecule has 0 aliphatic heterocycles. The molecule has 0 aliphatic carbocycles. The van der Waals surface area contributed by atoms with Crippen LogP contribution in [0, 0.1) is 6.92 Å². The van der Waals surface area contributed by atoms with E-state index in [2.05, 4.69) is 0 Å². The van der Waals surface area contributed by atoms with Crippen molar-refractivity contribution in [2.45, 2.75) is 46.4 Å². The second-order valence-corrected chi connectivity index (χ2v) is 6.14. The van der Waals surface area contributed by atoms with Crippen LogP contribution < -0.4 is 9.80 Å². The Morgan fingerprint density at radius 1 is 1.15 bits per heavy atom. The highest BCUT2D eigenvalue weighted by molar-refractivity contribution is 5.91. The molecule has 0 bridgehead atoms. The highest BCUT2D eigenvalue weighted by Gasteiger charge is 2.31. The van der Waals surface area contributed by atoms with Gasteiger partial charge in [0, 0.05) is 12.0 Å². The molecule has 0 saturated heterocycles. The Morgan fingerprint density at radius 3 is 2.41 bits per heavy atom. The third kappa shape index (κ3) is 5.01. The van der Waals surface area contributed by atoms with E-state index in [4.69, 9.17) is 4.74 Å². The van der Waals surface area contributed by atoms with E-state index < -0.39 is 17.6 Å². The molecule has 1 amide bonds. The van der Waals surface area contributed by atoms with Crippen molar-refractivity contribution in [3.05, 3.63) is 58.7 Å². The lowest BCUT2D eigenvalue weighted by Crippen LogP contribution is -2.27. The van der Waals surface area contributed by atoms with Gasteiger partial charge in [-0.3, -0.25) is 10.0 Å². The van der Waals surface area contributed by atoms with Gasteiger partial charge in [0.2, 0.25) is 5.91 Å². The molecule has 7 heteroatoms. The summed E-state index contributed by atoms with van der Waals surface area (Å²) in [5, 5.41) is 10.4. The lowest BCUT2D eigenvalue weighted by Gasteiger charge is -2.20. The van der Waals surface area contributed by atoms with Crippen LogP contribution in [0.5, 0.6) is 5.75 Å². The van der Waals surface area contributed by atoms with Crippen LogP contribution in [0.15, 0.2) is 36.4 Å². The predicted octanol–water partition coefficient (Wildman–Crippen LogP) is 5.29. The van der Waals surface area contributed by atoms with E-state index in [0.717, 1.165) is 35.7 Å². The van der Waals surface area contributed by atoms with Crippen LogP contribution in [-0.4, -0.2) is 11.1 Å². The quantitative estimate of drug-likeness (QED) is 0.547. The SMILES string of the molecule is CCC(=O)N(O)c1ccc(C(F)(F)F)cc1COc1ccc(CC)cc1C. The second-order valence-electron chi connectivity index (χ2n) is 6.14. The normalized spacial score (nSPS) is 11.4. The zero-order chi connectivity index (χ0) is 20.2. The van der Waals surface area contributed by atoms with Gasteiger partial charge in [0.25, 0.3) is 0 Å². The molecule has 146 valence electrons. The molecule has 0 radical (unpaired) electrons. The third-order valence-electron chi connectivity index (χ3n) is 4.20. The zero-order valence-electron chi connectivity index (χ0n) is 15.4. The Morgan fingerprint density at radius 2 is 1.85 bits per heavy atom. The summed E-state index contributed by atoms with van der Waals surface area (Å²) in [6.45, 7) is 5.19. The fraction of sp³-hybridized carbons (Fsp3) is 0.350. The lowest BCUT2D eigenvalue weighted by molar-refractivity contribution is -0.137. The van der Waals surface area contributed by atoms with Crippen LogP contribution in [0.2, 0.25) is 0 Å². The Labute approximate surface area is 156 Å². The van der Waals surface area contributed by atoms with E-state index in [0.29, 0.717) is 10.8 Å². The molecule has 0 aromatic heterocycles. The molecule has 0 unspecified atom stereocenters. The Kier molecular flexibility index (Phi) is 6.49. The summed E-state index contributed by atoms with van der Waals surface area (Å²) in [4.78, 5) is 11.8. The summed E-state index contributed by atoms with van der Waals surface area (Å²) in [5.41, 5.74) is 1.13.